The lowest BCUT2D eigenvalue weighted by Crippen LogP contribution is -2.02. The van der Waals surface area contributed by atoms with Crippen LogP contribution in [0.3, 0.4) is 0 Å². The predicted octanol–water partition coefficient (Wildman–Crippen LogP) is 3.59. The van der Waals surface area contributed by atoms with E-state index >= 15 is 0 Å². The smallest absolute Gasteiger partial charge is 0.308 e. The Morgan fingerprint density at radius 1 is 1.25 bits per heavy atom. The molecule has 4 nitrogen and oxygen atoms in total. The normalized spacial score (nSPS) is 10.7. The van der Waals surface area contributed by atoms with Gasteiger partial charge in [0.1, 0.15) is 16.5 Å². The van der Waals surface area contributed by atoms with E-state index in [1.54, 1.807) is 12.1 Å². The summed E-state index contributed by atoms with van der Waals surface area (Å²) in [6.07, 6.45) is 0. The number of aromatic nitrogens is 1. The third kappa shape index (κ3) is 2.35. The fourth-order valence-electron chi connectivity index (χ4n) is 1.92. The highest BCUT2D eigenvalue weighted by molar-refractivity contribution is 7.21. The molecule has 20 heavy (non-hydrogen) atoms. The molecule has 0 saturated carbocycles. The molecule has 1 N–H and O–H groups in total. The Bertz CT molecular complexity index is 762. The van der Waals surface area contributed by atoms with Crippen molar-refractivity contribution < 1.29 is 14.6 Å². The maximum Gasteiger partial charge on any atom is 0.308 e. The lowest BCUT2D eigenvalue weighted by atomic mass is 10.2. The minimum Gasteiger partial charge on any atom is -0.508 e. The second-order valence-electron chi connectivity index (χ2n) is 4.26. The number of hydrogen-bond donors (Lipinski definition) is 1. The number of carbonyl (C=O) groups excluding carboxylic acids is 1. The number of phenolic OH excluding ortho intramolecular Hbond substituents is 1. The summed E-state index contributed by atoms with van der Waals surface area (Å²) in [5.74, 6) is 0.0996. The molecule has 3 aromatic rings. The third-order valence-corrected chi connectivity index (χ3v) is 3.81. The van der Waals surface area contributed by atoms with Gasteiger partial charge in [-0.25, -0.2) is 4.98 Å². The van der Waals surface area contributed by atoms with Crippen LogP contribution in [0.15, 0.2) is 42.5 Å². The molecule has 0 spiro atoms. The summed E-state index contributed by atoms with van der Waals surface area (Å²) >= 11 is 1.49. The van der Waals surface area contributed by atoms with Crippen molar-refractivity contribution in [2.45, 2.75) is 6.92 Å². The van der Waals surface area contributed by atoms with Crippen LogP contribution in [0.4, 0.5) is 0 Å². The zero-order chi connectivity index (χ0) is 14.1. The van der Waals surface area contributed by atoms with Crippen molar-refractivity contribution in [2.24, 2.45) is 0 Å². The van der Waals surface area contributed by atoms with Gasteiger partial charge in [-0.1, -0.05) is 12.1 Å². The van der Waals surface area contributed by atoms with Crippen molar-refractivity contribution in [1.29, 1.82) is 0 Å². The van der Waals surface area contributed by atoms with Gasteiger partial charge in [0.25, 0.3) is 0 Å². The van der Waals surface area contributed by atoms with Gasteiger partial charge in [-0.05, 0) is 30.3 Å². The van der Waals surface area contributed by atoms with Gasteiger partial charge < -0.3 is 9.84 Å². The molecule has 3 rings (SSSR count). The lowest BCUT2D eigenvalue weighted by molar-refractivity contribution is -0.131. The zero-order valence-electron chi connectivity index (χ0n) is 10.7. The van der Waals surface area contributed by atoms with Gasteiger partial charge in [0.2, 0.25) is 0 Å². The Morgan fingerprint density at radius 2 is 2.05 bits per heavy atom. The number of thiazole rings is 1. The summed E-state index contributed by atoms with van der Waals surface area (Å²) in [5.41, 5.74) is 1.49. The largest absolute Gasteiger partial charge is 0.508 e. The van der Waals surface area contributed by atoms with Crippen LogP contribution in [0.1, 0.15) is 6.92 Å². The molecule has 0 aliphatic carbocycles. The number of aromatic hydroxyl groups is 1. The summed E-state index contributed by atoms with van der Waals surface area (Å²) < 4.78 is 6.21. The van der Waals surface area contributed by atoms with Crippen LogP contribution < -0.4 is 4.74 Å². The Kier molecular flexibility index (Phi) is 3.12. The van der Waals surface area contributed by atoms with Gasteiger partial charge >= 0.3 is 5.97 Å². The number of esters is 1. The first-order chi connectivity index (χ1) is 9.63. The van der Waals surface area contributed by atoms with E-state index in [4.69, 9.17) is 4.74 Å². The summed E-state index contributed by atoms with van der Waals surface area (Å²) in [5, 5.41) is 10.4. The first kappa shape index (κ1) is 12.6. The monoisotopic (exact) mass is 285 g/mol. The van der Waals surface area contributed by atoms with Crippen molar-refractivity contribution in [2.75, 3.05) is 0 Å². The Morgan fingerprint density at radius 3 is 2.80 bits per heavy atom. The summed E-state index contributed by atoms with van der Waals surface area (Å²) in [6.45, 7) is 1.34. The van der Waals surface area contributed by atoms with Crippen LogP contribution in [0.25, 0.3) is 20.8 Å². The number of fused-ring (bicyclic) bond motifs is 1. The van der Waals surface area contributed by atoms with Crippen LogP contribution >= 0.6 is 11.3 Å². The average molecular weight is 285 g/mol. The molecule has 0 radical (unpaired) electrons. The minimum absolute atomic E-state index is 0.107. The van der Waals surface area contributed by atoms with E-state index in [0.717, 1.165) is 10.2 Å². The first-order valence-electron chi connectivity index (χ1n) is 6.01. The number of benzene rings is 2. The van der Waals surface area contributed by atoms with Crippen molar-refractivity contribution in [3.63, 3.8) is 0 Å². The van der Waals surface area contributed by atoms with E-state index in [9.17, 15) is 9.90 Å². The van der Waals surface area contributed by atoms with Crippen LogP contribution in [0.5, 0.6) is 11.5 Å². The molecule has 0 aliphatic heterocycles. The van der Waals surface area contributed by atoms with Gasteiger partial charge in [0, 0.05) is 6.92 Å². The molecule has 0 unspecified atom stereocenters. The van der Waals surface area contributed by atoms with Crippen molar-refractivity contribution in [1.82, 2.24) is 4.98 Å². The summed E-state index contributed by atoms with van der Waals surface area (Å²) in [6, 6.07) is 12.4. The van der Waals surface area contributed by atoms with Crippen LogP contribution in [0, 0.1) is 0 Å². The molecule has 0 bridgehead atoms. The SMILES string of the molecule is CC(=O)Oc1ccc(O)cc1-c1nc2ccccc2s1. The van der Waals surface area contributed by atoms with E-state index in [1.165, 1.54) is 24.3 Å². The maximum atomic E-state index is 11.2. The molecule has 1 aromatic heterocycles. The van der Waals surface area contributed by atoms with E-state index in [0.29, 0.717) is 16.3 Å². The second kappa shape index (κ2) is 4.94. The third-order valence-electron chi connectivity index (χ3n) is 2.74. The molecule has 0 atom stereocenters. The summed E-state index contributed by atoms with van der Waals surface area (Å²) in [7, 11) is 0. The second-order valence-corrected chi connectivity index (χ2v) is 5.29. The van der Waals surface area contributed by atoms with E-state index < -0.39 is 5.97 Å². The van der Waals surface area contributed by atoms with E-state index in [-0.39, 0.29) is 5.75 Å². The number of rotatable bonds is 2. The quantitative estimate of drug-likeness (QED) is 0.577. The molecule has 0 amide bonds. The average Bonchev–Trinajstić information content (AvgIpc) is 2.84. The highest BCUT2D eigenvalue weighted by atomic mass is 32.1. The predicted molar refractivity (Wildman–Crippen MR) is 78.0 cm³/mol. The van der Waals surface area contributed by atoms with Crippen LogP contribution in [-0.4, -0.2) is 16.1 Å². The zero-order valence-corrected chi connectivity index (χ0v) is 11.5. The van der Waals surface area contributed by atoms with Crippen molar-refractivity contribution in [3.05, 3.63) is 42.5 Å². The van der Waals surface area contributed by atoms with Crippen LogP contribution in [-0.2, 0) is 4.79 Å². The minimum atomic E-state index is -0.405. The number of ether oxygens (including phenoxy) is 1. The Balaban J connectivity index is 2.16. The molecule has 5 heteroatoms. The molecular formula is C15H11NO3S. The lowest BCUT2D eigenvalue weighted by Gasteiger charge is -2.06. The van der Waals surface area contributed by atoms with Gasteiger partial charge in [-0.2, -0.15) is 0 Å². The molecular weight excluding hydrogens is 274 g/mol. The standard InChI is InChI=1S/C15H11NO3S/c1-9(17)19-13-7-6-10(18)8-11(13)15-16-12-4-2-3-5-14(12)20-15/h2-8,18H,1H3. The Hall–Kier alpha value is -2.40. The van der Waals surface area contributed by atoms with Gasteiger partial charge in [-0.15, -0.1) is 11.3 Å². The molecule has 0 saturated heterocycles. The number of carbonyl (C=O) groups is 1. The summed E-state index contributed by atoms with van der Waals surface area (Å²) in [4.78, 5) is 15.7. The molecule has 1 heterocycles. The number of nitrogens with zero attached hydrogens (tertiary/aromatic N) is 1. The van der Waals surface area contributed by atoms with E-state index in [2.05, 4.69) is 4.98 Å². The van der Waals surface area contributed by atoms with E-state index in [1.807, 2.05) is 24.3 Å². The molecule has 0 aliphatic rings. The molecule has 2 aromatic carbocycles. The maximum absolute atomic E-state index is 11.2. The first-order valence-corrected chi connectivity index (χ1v) is 6.82. The topological polar surface area (TPSA) is 59.4 Å². The highest BCUT2D eigenvalue weighted by Gasteiger charge is 2.14. The highest BCUT2D eigenvalue weighted by Crippen LogP contribution is 2.37. The molecule has 100 valence electrons. The molecule has 0 fully saturated rings. The van der Waals surface area contributed by atoms with Gasteiger partial charge in [0.05, 0.1) is 15.8 Å². The number of phenols is 1. The fourth-order valence-corrected chi connectivity index (χ4v) is 2.90. The Labute approximate surface area is 119 Å². The number of para-hydroxylation sites is 1. The fraction of sp³-hybridized carbons (Fsp3) is 0.0667. The van der Waals surface area contributed by atoms with Gasteiger partial charge in [-0.3, -0.25) is 4.79 Å². The van der Waals surface area contributed by atoms with Crippen molar-refractivity contribution in [3.8, 4) is 22.1 Å². The number of hydrogen-bond acceptors (Lipinski definition) is 5. The van der Waals surface area contributed by atoms with Crippen molar-refractivity contribution >= 4 is 27.5 Å². The van der Waals surface area contributed by atoms with Gasteiger partial charge in [0.15, 0.2) is 0 Å². The van der Waals surface area contributed by atoms with Crippen LogP contribution in [0.2, 0.25) is 0 Å².